The van der Waals surface area contributed by atoms with E-state index in [2.05, 4.69) is 26.4 Å². The van der Waals surface area contributed by atoms with Gasteiger partial charge in [-0.05, 0) is 35.4 Å². The second kappa shape index (κ2) is 9.19. The number of amides is 1. The summed E-state index contributed by atoms with van der Waals surface area (Å²) in [5.74, 6) is -0.127. The minimum atomic E-state index is -0.127. The third-order valence-electron chi connectivity index (χ3n) is 5.32. The van der Waals surface area contributed by atoms with Crippen molar-refractivity contribution in [3.05, 3.63) is 68.0 Å². The van der Waals surface area contributed by atoms with E-state index in [9.17, 15) is 9.59 Å². The van der Waals surface area contributed by atoms with Crippen molar-refractivity contribution in [1.29, 1.82) is 0 Å². The zero-order chi connectivity index (χ0) is 20.5. The standard InChI is InChI=1S/C21H21N5O3S.ClH/c27-20-18(9-16-7-15(10-22-16)11-25-3-5-29-6-4-25)17-8-14(1-2-19(17)24-20)12-26-21(28)30-13-23-26;/h1-2,7-10,13,22H,3-6,11-12H2,(H,24,27);1H. The first-order valence-electron chi connectivity index (χ1n) is 9.80. The van der Waals surface area contributed by atoms with Crippen molar-refractivity contribution in [3.8, 4) is 0 Å². The lowest BCUT2D eigenvalue weighted by atomic mass is 10.0. The Bertz CT molecular complexity index is 1180. The molecule has 0 atom stereocenters. The molecule has 1 saturated heterocycles. The van der Waals surface area contributed by atoms with E-state index >= 15 is 0 Å². The summed E-state index contributed by atoms with van der Waals surface area (Å²) in [6.07, 6.45) is 3.86. The Balaban J connectivity index is 0.00000231. The van der Waals surface area contributed by atoms with Gasteiger partial charge in [0, 0.05) is 42.8 Å². The van der Waals surface area contributed by atoms with Gasteiger partial charge in [-0.25, -0.2) is 4.68 Å². The molecular weight excluding hydrogens is 438 g/mol. The summed E-state index contributed by atoms with van der Waals surface area (Å²) in [6, 6.07) is 7.80. The SMILES string of the molecule is Cl.O=C1Nc2ccc(Cn3ncsc3=O)cc2C1=Cc1cc(CN2CCOCC2)c[nH]1. The van der Waals surface area contributed by atoms with Crippen molar-refractivity contribution < 1.29 is 9.53 Å². The van der Waals surface area contributed by atoms with Gasteiger partial charge in [0.2, 0.25) is 0 Å². The summed E-state index contributed by atoms with van der Waals surface area (Å²) in [5.41, 5.74) is 6.74. The summed E-state index contributed by atoms with van der Waals surface area (Å²) in [5, 5.41) is 6.98. The number of aromatic amines is 1. The van der Waals surface area contributed by atoms with Crippen LogP contribution in [0.4, 0.5) is 5.69 Å². The maximum Gasteiger partial charge on any atom is 0.325 e. The predicted molar refractivity (Wildman–Crippen MR) is 123 cm³/mol. The fourth-order valence-electron chi connectivity index (χ4n) is 3.80. The average Bonchev–Trinajstić information content (AvgIpc) is 3.44. The first-order valence-corrected chi connectivity index (χ1v) is 10.7. The van der Waals surface area contributed by atoms with Crippen LogP contribution in [0.25, 0.3) is 11.6 Å². The summed E-state index contributed by atoms with van der Waals surface area (Å²) in [6.45, 7) is 4.65. The number of nitrogens with one attached hydrogen (secondary N) is 2. The fourth-order valence-corrected chi connectivity index (χ4v) is 4.28. The zero-order valence-corrected chi connectivity index (χ0v) is 18.3. The van der Waals surface area contributed by atoms with Crippen molar-refractivity contribution in [2.75, 3.05) is 31.6 Å². The van der Waals surface area contributed by atoms with Crippen LogP contribution in [0.1, 0.15) is 22.4 Å². The van der Waals surface area contributed by atoms with Crippen LogP contribution in [0, 0.1) is 0 Å². The average molecular weight is 460 g/mol. The molecular formula is C21H22ClN5O3S. The molecule has 1 aromatic carbocycles. The molecule has 0 bridgehead atoms. The molecule has 1 fully saturated rings. The first kappa shape index (κ1) is 21.5. The van der Waals surface area contributed by atoms with Crippen molar-refractivity contribution >= 4 is 47.0 Å². The molecule has 0 aliphatic carbocycles. The highest BCUT2D eigenvalue weighted by Gasteiger charge is 2.24. The van der Waals surface area contributed by atoms with E-state index in [1.807, 2.05) is 30.5 Å². The zero-order valence-electron chi connectivity index (χ0n) is 16.7. The van der Waals surface area contributed by atoms with E-state index in [1.165, 1.54) is 15.8 Å². The van der Waals surface area contributed by atoms with Crippen LogP contribution < -0.4 is 10.2 Å². The normalized spacial score (nSPS) is 17.4. The lowest BCUT2D eigenvalue weighted by Crippen LogP contribution is -2.35. The van der Waals surface area contributed by atoms with Crippen LogP contribution in [0.5, 0.6) is 0 Å². The van der Waals surface area contributed by atoms with Crippen LogP contribution in [0.3, 0.4) is 0 Å². The molecule has 0 saturated carbocycles. The molecule has 2 aromatic heterocycles. The molecule has 0 unspecified atom stereocenters. The van der Waals surface area contributed by atoms with Crippen molar-refractivity contribution in [2.24, 2.45) is 0 Å². The van der Waals surface area contributed by atoms with E-state index < -0.39 is 0 Å². The van der Waals surface area contributed by atoms with Gasteiger partial charge in [0.15, 0.2) is 0 Å². The van der Waals surface area contributed by atoms with Crippen molar-refractivity contribution in [2.45, 2.75) is 13.1 Å². The number of halogens is 1. The van der Waals surface area contributed by atoms with Gasteiger partial charge in [-0.2, -0.15) is 5.10 Å². The Morgan fingerprint density at radius 1 is 1.13 bits per heavy atom. The summed E-state index contributed by atoms with van der Waals surface area (Å²) in [4.78, 5) is 29.9. The Labute approximate surface area is 188 Å². The molecule has 1 amide bonds. The highest BCUT2D eigenvalue weighted by Crippen LogP contribution is 2.34. The molecule has 3 aromatic rings. The Kier molecular flexibility index (Phi) is 6.38. The lowest BCUT2D eigenvalue weighted by molar-refractivity contribution is -0.110. The van der Waals surface area contributed by atoms with Crippen LogP contribution in [0.2, 0.25) is 0 Å². The molecule has 2 N–H and O–H groups in total. The molecule has 8 nitrogen and oxygen atoms in total. The minimum absolute atomic E-state index is 0. The molecule has 0 radical (unpaired) electrons. The van der Waals surface area contributed by atoms with Gasteiger partial charge in [0.05, 0.1) is 25.3 Å². The molecule has 2 aliphatic heterocycles. The molecule has 162 valence electrons. The number of aromatic nitrogens is 3. The smallest absolute Gasteiger partial charge is 0.325 e. The lowest BCUT2D eigenvalue weighted by Gasteiger charge is -2.25. The summed E-state index contributed by atoms with van der Waals surface area (Å²) >= 11 is 1.07. The molecule has 5 rings (SSSR count). The molecule has 4 heterocycles. The summed E-state index contributed by atoms with van der Waals surface area (Å²) < 4.78 is 6.82. The van der Waals surface area contributed by atoms with Crippen LogP contribution in [-0.2, 0) is 22.6 Å². The van der Waals surface area contributed by atoms with Gasteiger partial charge in [0.25, 0.3) is 5.91 Å². The van der Waals surface area contributed by atoms with Gasteiger partial charge < -0.3 is 15.0 Å². The van der Waals surface area contributed by atoms with E-state index in [1.54, 1.807) is 0 Å². The largest absolute Gasteiger partial charge is 0.379 e. The van der Waals surface area contributed by atoms with Gasteiger partial charge in [0.1, 0.15) is 5.51 Å². The molecule has 31 heavy (non-hydrogen) atoms. The van der Waals surface area contributed by atoms with E-state index in [-0.39, 0.29) is 23.2 Å². The van der Waals surface area contributed by atoms with Crippen LogP contribution in [-0.4, -0.2) is 51.9 Å². The number of anilines is 1. The quantitative estimate of drug-likeness (QED) is 0.572. The van der Waals surface area contributed by atoms with E-state index in [0.29, 0.717) is 12.1 Å². The number of fused-ring (bicyclic) bond motifs is 1. The predicted octanol–water partition coefficient (Wildman–Crippen LogP) is 2.43. The van der Waals surface area contributed by atoms with Gasteiger partial charge in [-0.3, -0.25) is 14.5 Å². The maximum atomic E-state index is 12.6. The first-order chi connectivity index (χ1) is 14.7. The second-order valence-corrected chi connectivity index (χ2v) is 8.20. The number of H-pyrrole nitrogens is 1. The van der Waals surface area contributed by atoms with Crippen molar-refractivity contribution in [1.82, 2.24) is 19.7 Å². The number of hydrogen-bond donors (Lipinski definition) is 2. The second-order valence-electron chi connectivity index (χ2n) is 7.41. The number of rotatable bonds is 5. The van der Waals surface area contributed by atoms with Gasteiger partial charge >= 0.3 is 4.87 Å². The van der Waals surface area contributed by atoms with E-state index in [0.717, 1.165) is 66.7 Å². The Morgan fingerprint density at radius 2 is 1.97 bits per heavy atom. The number of benzene rings is 1. The van der Waals surface area contributed by atoms with Crippen LogP contribution >= 0.6 is 23.7 Å². The van der Waals surface area contributed by atoms with E-state index in [4.69, 9.17) is 4.74 Å². The third-order valence-corrected chi connectivity index (χ3v) is 5.94. The number of ether oxygens (including phenoxy) is 1. The summed E-state index contributed by atoms with van der Waals surface area (Å²) in [7, 11) is 0. The molecule has 2 aliphatic rings. The topological polar surface area (TPSA) is 92.2 Å². The molecule has 10 heteroatoms. The van der Waals surface area contributed by atoms with Crippen molar-refractivity contribution in [3.63, 3.8) is 0 Å². The Hall–Kier alpha value is -2.72. The minimum Gasteiger partial charge on any atom is -0.379 e. The van der Waals surface area contributed by atoms with Crippen LogP contribution in [0.15, 0.2) is 40.8 Å². The number of morpholine rings is 1. The van der Waals surface area contributed by atoms with Gasteiger partial charge in [-0.15, -0.1) is 12.4 Å². The maximum absolute atomic E-state index is 12.6. The number of carbonyl (C=O) groups excluding carboxylic acids is 1. The number of carbonyl (C=O) groups is 1. The van der Waals surface area contributed by atoms with Gasteiger partial charge in [-0.1, -0.05) is 17.4 Å². The Morgan fingerprint density at radius 3 is 2.74 bits per heavy atom. The fraction of sp³-hybridized carbons (Fsp3) is 0.286. The molecule has 0 spiro atoms. The highest BCUT2D eigenvalue weighted by molar-refractivity contribution is 7.06. The number of hydrogen-bond acceptors (Lipinski definition) is 6. The highest BCUT2D eigenvalue weighted by atomic mass is 35.5. The number of nitrogens with zero attached hydrogens (tertiary/aromatic N) is 3. The monoisotopic (exact) mass is 459 g/mol. The third kappa shape index (κ3) is 4.64.